The fourth-order valence-corrected chi connectivity index (χ4v) is 2.59. The zero-order chi connectivity index (χ0) is 9.92. The van der Waals surface area contributed by atoms with Crippen LogP contribution in [0.1, 0.15) is 6.42 Å². The van der Waals surface area contributed by atoms with E-state index < -0.39 is 10.3 Å². The highest BCUT2D eigenvalue weighted by atomic mass is 35.5. The quantitative estimate of drug-likeness (QED) is 0.276. The van der Waals surface area contributed by atoms with Crippen LogP contribution >= 0.6 is 23.2 Å². The van der Waals surface area contributed by atoms with E-state index in [-0.39, 0.29) is 24.2 Å². The molecule has 2 aliphatic heterocycles. The molecule has 3 aliphatic rings. The van der Waals surface area contributed by atoms with Crippen molar-refractivity contribution in [2.75, 3.05) is 0 Å². The van der Waals surface area contributed by atoms with E-state index in [1.54, 1.807) is 0 Å². The van der Waals surface area contributed by atoms with Gasteiger partial charge in [0, 0.05) is 6.42 Å². The molecule has 0 unspecified atom stereocenters. The number of esters is 1. The molecule has 14 heavy (non-hydrogen) atoms. The third-order valence-corrected chi connectivity index (χ3v) is 3.76. The molecule has 0 radical (unpaired) electrons. The molecule has 2 saturated heterocycles. The van der Waals surface area contributed by atoms with E-state index in [2.05, 4.69) is 0 Å². The number of halogens is 2. The maximum atomic E-state index is 11.3. The summed E-state index contributed by atoms with van der Waals surface area (Å²) in [5.74, 6) is -0.783. The van der Waals surface area contributed by atoms with Crippen molar-refractivity contribution in [2.45, 2.75) is 29.1 Å². The number of fused-ring (bicyclic) bond motifs is 2. The average Bonchev–Trinajstić information content (AvgIpc) is 2.77. The molecule has 3 nitrogen and oxygen atoms in total. The van der Waals surface area contributed by atoms with E-state index in [0.717, 1.165) is 0 Å². The number of hydrogen-bond acceptors (Lipinski definition) is 3. The lowest BCUT2D eigenvalue weighted by molar-refractivity contribution is -0.142. The van der Waals surface area contributed by atoms with Crippen molar-refractivity contribution in [2.24, 2.45) is 5.92 Å². The Balaban J connectivity index is 1.94. The van der Waals surface area contributed by atoms with Gasteiger partial charge in [-0.15, -0.1) is 0 Å². The van der Waals surface area contributed by atoms with Crippen LogP contribution in [-0.4, -0.2) is 28.6 Å². The standard InChI is InChI=1S/C9H8Cl2O3/c10-9(11)4-1-2-5-7(13-5)3-6(4)14-8(9)12/h1-2,4-7H,3H2/t4-,5+,6+,7-/m1/s1. The summed E-state index contributed by atoms with van der Waals surface area (Å²) < 4.78 is 9.01. The van der Waals surface area contributed by atoms with Crippen molar-refractivity contribution >= 4 is 29.2 Å². The van der Waals surface area contributed by atoms with Crippen molar-refractivity contribution in [1.29, 1.82) is 0 Å². The third kappa shape index (κ3) is 1.12. The summed E-state index contributed by atoms with van der Waals surface area (Å²) in [4.78, 5) is 11.3. The second-order valence-electron chi connectivity index (χ2n) is 3.85. The van der Waals surface area contributed by atoms with Gasteiger partial charge in [0.15, 0.2) is 0 Å². The molecule has 1 aliphatic carbocycles. The van der Waals surface area contributed by atoms with Gasteiger partial charge < -0.3 is 9.47 Å². The summed E-state index contributed by atoms with van der Waals surface area (Å²) in [5, 5.41) is 0. The Hall–Kier alpha value is -0.250. The number of ether oxygens (including phenoxy) is 2. The van der Waals surface area contributed by atoms with Crippen molar-refractivity contribution in [3.63, 3.8) is 0 Å². The monoisotopic (exact) mass is 234 g/mol. The van der Waals surface area contributed by atoms with Crippen LogP contribution in [0.25, 0.3) is 0 Å². The molecule has 3 rings (SSSR count). The van der Waals surface area contributed by atoms with Gasteiger partial charge in [0.2, 0.25) is 4.33 Å². The predicted octanol–water partition coefficient (Wildman–Crippen LogP) is 1.43. The maximum absolute atomic E-state index is 11.3. The van der Waals surface area contributed by atoms with Crippen LogP contribution in [0, 0.1) is 5.92 Å². The Morgan fingerprint density at radius 1 is 1.36 bits per heavy atom. The van der Waals surface area contributed by atoms with Crippen molar-refractivity contribution in [3.05, 3.63) is 12.2 Å². The van der Waals surface area contributed by atoms with Gasteiger partial charge in [-0.1, -0.05) is 35.4 Å². The fourth-order valence-electron chi connectivity index (χ4n) is 2.07. The molecule has 5 heteroatoms. The minimum Gasteiger partial charge on any atom is -0.459 e. The van der Waals surface area contributed by atoms with Gasteiger partial charge in [0.25, 0.3) is 0 Å². The molecule has 4 atom stereocenters. The highest BCUT2D eigenvalue weighted by Gasteiger charge is 2.58. The van der Waals surface area contributed by atoms with E-state index in [1.165, 1.54) is 0 Å². The van der Waals surface area contributed by atoms with Crippen LogP contribution in [-0.2, 0) is 14.3 Å². The topological polar surface area (TPSA) is 38.8 Å². The Morgan fingerprint density at radius 2 is 2.14 bits per heavy atom. The van der Waals surface area contributed by atoms with Gasteiger partial charge in [-0.3, -0.25) is 0 Å². The number of hydrogen-bond donors (Lipinski definition) is 0. The lowest BCUT2D eigenvalue weighted by Crippen LogP contribution is -2.28. The molecular weight excluding hydrogens is 227 g/mol. The molecule has 0 N–H and O–H groups in total. The van der Waals surface area contributed by atoms with Crippen LogP contribution in [0.5, 0.6) is 0 Å². The fraction of sp³-hybridized carbons (Fsp3) is 0.667. The van der Waals surface area contributed by atoms with Gasteiger partial charge >= 0.3 is 5.97 Å². The first-order valence-electron chi connectivity index (χ1n) is 4.52. The Morgan fingerprint density at radius 3 is 2.93 bits per heavy atom. The van der Waals surface area contributed by atoms with E-state index in [9.17, 15) is 4.79 Å². The molecule has 0 spiro atoms. The van der Waals surface area contributed by atoms with Crippen LogP contribution in [0.15, 0.2) is 12.2 Å². The Labute approximate surface area is 90.9 Å². The predicted molar refractivity (Wildman–Crippen MR) is 50.2 cm³/mol. The van der Waals surface area contributed by atoms with Gasteiger partial charge in [-0.05, 0) is 0 Å². The van der Waals surface area contributed by atoms with Crippen LogP contribution in [0.4, 0.5) is 0 Å². The number of alkyl halides is 2. The van der Waals surface area contributed by atoms with Gasteiger partial charge in [-0.25, -0.2) is 4.79 Å². The zero-order valence-electron chi connectivity index (χ0n) is 7.15. The Kier molecular flexibility index (Phi) is 1.71. The van der Waals surface area contributed by atoms with Gasteiger partial charge in [0.05, 0.1) is 12.0 Å². The van der Waals surface area contributed by atoms with Crippen LogP contribution in [0.2, 0.25) is 0 Å². The zero-order valence-corrected chi connectivity index (χ0v) is 8.66. The number of epoxide rings is 1. The Bertz CT molecular complexity index is 326. The van der Waals surface area contributed by atoms with Crippen LogP contribution in [0.3, 0.4) is 0 Å². The summed E-state index contributed by atoms with van der Waals surface area (Å²) >= 11 is 11.9. The first-order valence-corrected chi connectivity index (χ1v) is 5.27. The summed E-state index contributed by atoms with van der Waals surface area (Å²) in [6, 6.07) is 0. The van der Waals surface area contributed by atoms with Gasteiger partial charge in [-0.2, -0.15) is 0 Å². The lowest BCUT2D eigenvalue weighted by atomic mass is 9.98. The summed E-state index contributed by atoms with van der Waals surface area (Å²) in [7, 11) is 0. The van der Waals surface area contributed by atoms with E-state index in [4.69, 9.17) is 32.7 Å². The third-order valence-electron chi connectivity index (χ3n) is 2.94. The highest BCUT2D eigenvalue weighted by molar-refractivity contribution is 6.58. The molecule has 2 heterocycles. The minimum absolute atomic E-state index is 0.170. The average molecular weight is 235 g/mol. The first kappa shape index (κ1) is 9.01. The van der Waals surface area contributed by atoms with E-state index >= 15 is 0 Å². The molecule has 0 aromatic rings. The summed E-state index contributed by atoms with van der Waals surface area (Å²) in [6.07, 6.45) is 4.56. The van der Waals surface area contributed by atoms with E-state index in [1.807, 2.05) is 12.2 Å². The lowest BCUT2D eigenvalue weighted by Gasteiger charge is -2.16. The molecule has 2 fully saturated rings. The molecular formula is C9H8Cl2O3. The van der Waals surface area contributed by atoms with Crippen molar-refractivity contribution < 1.29 is 14.3 Å². The molecule has 0 amide bonds. The molecule has 0 aromatic carbocycles. The molecule has 76 valence electrons. The number of rotatable bonds is 0. The molecule has 0 bridgehead atoms. The smallest absolute Gasteiger partial charge is 0.343 e. The molecule has 0 saturated carbocycles. The largest absolute Gasteiger partial charge is 0.459 e. The normalized spacial score (nSPS) is 47.7. The second kappa shape index (κ2) is 2.65. The van der Waals surface area contributed by atoms with Crippen LogP contribution < -0.4 is 0 Å². The summed E-state index contributed by atoms with van der Waals surface area (Å²) in [6.45, 7) is 0. The highest BCUT2D eigenvalue weighted by Crippen LogP contribution is 2.47. The van der Waals surface area contributed by atoms with Crippen molar-refractivity contribution in [1.82, 2.24) is 0 Å². The van der Waals surface area contributed by atoms with E-state index in [0.29, 0.717) is 6.42 Å². The number of carbonyl (C=O) groups is 1. The second-order valence-corrected chi connectivity index (χ2v) is 5.24. The molecule has 0 aromatic heterocycles. The number of carbonyl (C=O) groups excluding carboxylic acids is 1. The minimum atomic E-state index is -1.42. The van der Waals surface area contributed by atoms with Gasteiger partial charge in [0.1, 0.15) is 12.2 Å². The maximum Gasteiger partial charge on any atom is 0.343 e. The SMILES string of the molecule is O=C1O[C@H]2C[C@H]3O[C@H]3C=C[C@H]2C1(Cl)Cl. The van der Waals surface area contributed by atoms with Crippen molar-refractivity contribution in [3.8, 4) is 0 Å². The first-order chi connectivity index (χ1) is 6.59. The summed E-state index contributed by atoms with van der Waals surface area (Å²) in [5.41, 5.74) is 0.